The van der Waals surface area contributed by atoms with Gasteiger partial charge in [-0.2, -0.15) is 0 Å². The van der Waals surface area contributed by atoms with Crippen LogP contribution in [0.5, 0.6) is 0 Å². The Hall–Kier alpha value is -0.0800. The van der Waals surface area contributed by atoms with E-state index in [0.29, 0.717) is 12.0 Å². The molecular formula is C12H25NO. The number of hydrogen-bond acceptors (Lipinski definition) is 2. The van der Waals surface area contributed by atoms with E-state index < -0.39 is 0 Å². The number of aliphatic hydroxyl groups is 1. The molecule has 0 spiro atoms. The maximum Gasteiger partial charge on any atom is 0.0693 e. The predicted molar refractivity (Wildman–Crippen MR) is 60.3 cm³/mol. The third kappa shape index (κ3) is 3.25. The minimum absolute atomic E-state index is 0.113. The number of rotatable bonds is 3. The Morgan fingerprint density at radius 3 is 2.50 bits per heavy atom. The van der Waals surface area contributed by atoms with Crippen molar-refractivity contribution in [1.82, 2.24) is 4.90 Å². The molecular weight excluding hydrogens is 174 g/mol. The van der Waals surface area contributed by atoms with Gasteiger partial charge in [0.15, 0.2) is 0 Å². The summed E-state index contributed by atoms with van der Waals surface area (Å²) in [5, 5.41) is 9.79. The lowest BCUT2D eigenvalue weighted by Crippen LogP contribution is -2.47. The second-order valence-electron chi connectivity index (χ2n) is 5.31. The number of piperidine rings is 1. The van der Waals surface area contributed by atoms with Gasteiger partial charge in [-0.3, -0.25) is 4.90 Å². The highest BCUT2D eigenvalue weighted by atomic mass is 16.3. The molecule has 1 saturated heterocycles. The first-order valence-corrected chi connectivity index (χ1v) is 5.92. The van der Waals surface area contributed by atoms with Gasteiger partial charge in [0.05, 0.1) is 6.10 Å². The van der Waals surface area contributed by atoms with Crippen molar-refractivity contribution in [1.29, 1.82) is 0 Å². The van der Waals surface area contributed by atoms with E-state index in [1.165, 1.54) is 6.42 Å². The molecule has 14 heavy (non-hydrogen) atoms. The average molecular weight is 199 g/mol. The number of hydrogen-bond donors (Lipinski definition) is 1. The van der Waals surface area contributed by atoms with Crippen LogP contribution in [0.1, 0.15) is 40.5 Å². The van der Waals surface area contributed by atoms with E-state index in [4.69, 9.17) is 0 Å². The molecule has 1 heterocycles. The highest BCUT2D eigenvalue weighted by Gasteiger charge is 2.26. The zero-order valence-corrected chi connectivity index (χ0v) is 10.0. The first kappa shape index (κ1) is 12.0. The van der Waals surface area contributed by atoms with E-state index in [9.17, 15) is 5.11 Å². The smallest absolute Gasteiger partial charge is 0.0693 e. The van der Waals surface area contributed by atoms with Crippen LogP contribution in [0.3, 0.4) is 0 Å². The lowest BCUT2D eigenvalue weighted by Gasteiger charge is -2.38. The summed E-state index contributed by atoms with van der Waals surface area (Å²) in [6.07, 6.45) is 2.27. The highest BCUT2D eigenvalue weighted by Crippen LogP contribution is 2.21. The fourth-order valence-electron chi connectivity index (χ4n) is 2.30. The van der Waals surface area contributed by atoms with Crippen molar-refractivity contribution in [3.63, 3.8) is 0 Å². The SMILES string of the molecule is CC(C)CC(C)N1CCC(C)C(O)C1. The standard InChI is InChI=1S/C12H25NO/c1-9(2)7-11(4)13-6-5-10(3)12(14)8-13/h9-12,14H,5-8H2,1-4H3. The minimum Gasteiger partial charge on any atom is -0.392 e. The van der Waals surface area contributed by atoms with Crippen LogP contribution in [0.25, 0.3) is 0 Å². The van der Waals surface area contributed by atoms with Gasteiger partial charge in [-0.15, -0.1) is 0 Å². The predicted octanol–water partition coefficient (Wildman–Crippen LogP) is 2.12. The Bertz CT molecular complexity index is 170. The summed E-state index contributed by atoms with van der Waals surface area (Å²) in [5.74, 6) is 1.24. The second kappa shape index (κ2) is 5.13. The van der Waals surface area contributed by atoms with Gasteiger partial charge in [0.2, 0.25) is 0 Å². The Morgan fingerprint density at radius 1 is 1.36 bits per heavy atom. The zero-order valence-electron chi connectivity index (χ0n) is 10.0. The molecule has 0 aromatic heterocycles. The largest absolute Gasteiger partial charge is 0.392 e. The van der Waals surface area contributed by atoms with Gasteiger partial charge in [-0.1, -0.05) is 20.8 Å². The van der Waals surface area contributed by atoms with Crippen LogP contribution in [0.2, 0.25) is 0 Å². The average Bonchev–Trinajstić information content (AvgIpc) is 2.08. The number of β-amino-alcohol motifs (C(OH)–C–C–N with tert-alkyl or cyclic N) is 1. The first-order chi connectivity index (χ1) is 6.50. The molecule has 3 unspecified atom stereocenters. The quantitative estimate of drug-likeness (QED) is 0.752. The maximum atomic E-state index is 9.79. The van der Waals surface area contributed by atoms with Gasteiger partial charge >= 0.3 is 0 Å². The van der Waals surface area contributed by atoms with Crippen molar-refractivity contribution in [2.75, 3.05) is 13.1 Å². The molecule has 0 amide bonds. The molecule has 2 nitrogen and oxygen atoms in total. The van der Waals surface area contributed by atoms with Crippen LogP contribution >= 0.6 is 0 Å². The van der Waals surface area contributed by atoms with Crippen molar-refractivity contribution in [3.05, 3.63) is 0 Å². The van der Waals surface area contributed by atoms with Gasteiger partial charge in [0.25, 0.3) is 0 Å². The van der Waals surface area contributed by atoms with Crippen molar-refractivity contribution in [2.45, 2.75) is 52.7 Å². The topological polar surface area (TPSA) is 23.5 Å². The molecule has 1 aliphatic rings. The number of nitrogens with zero attached hydrogens (tertiary/aromatic N) is 1. The van der Waals surface area contributed by atoms with Gasteiger partial charge < -0.3 is 5.11 Å². The Labute approximate surface area is 88.3 Å². The van der Waals surface area contributed by atoms with Crippen LogP contribution in [0, 0.1) is 11.8 Å². The van der Waals surface area contributed by atoms with Crippen molar-refractivity contribution < 1.29 is 5.11 Å². The molecule has 2 heteroatoms. The maximum absolute atomic E-state index is 9.79. The lowest BCUT2D eigenvalue weighted by atomic mass is 9.93. The summed E-state index contributed by atoms with van der Waals surface area (Å²) in [6, 6.07) is 0.622. The molecule has 3 atom stereocenters. The molecule has 0 saturated carbocycles. The van der Waals surface area contributed by atoms with E-state index >= 15 is 0 Å². The van der Waals surface area contributed by atoms with E-state index in [0.717, 1.165) is 25.4 Å². The van der Waals surface area contributed by atoms with Gasteiger partial charge in [0.1, 0.15) is 0 Å². The third-order valence-corrected chi connectivity index (χ3v) is 3.39. The Morgan fingerprint density at radius 2 is 2.00 bits per heavy atom. The lowest BCUT2D eigenvalue weighted by molar-refractivity contribution is 0.00968. The van der Waals surface area contributed by atoms with Crippen LogP contribution in [-0.4, -0.2) is 35.2 Å². The summed E-state index contributed by atoms with van der Waals surface area (Å²) < 4.78 is 0. The van der Waals surface area contributed by atoms with Gasteiger partial charge in [0, 0.05) is 12.6 Å². The normalized spacial score (nSPS) is 32.1. The van der Waals surface area contributed by atoms with Crippen molar-refractivity contribution in [2.24, 2.45) is 11.8 Å². The molecule has 1 rings (SSSR count). The molecule has 0 aromatic rings. The number of aliphatic hydroxyl groups excluding tert-OH is 1. The first-order valence-electron chi connectivity index (χ1n) is 5.92. The third-order valence-electron chi connectivity index (χ3n) is 3.39. The monoisotopic (exact) mass is 199 g/mol. The molecule has 84 valence electrons. The summed E-state index contributed by atoms with van der Waals surface area (Å²) in [5.41, 5.74) is 0. The van der Waals surface area contributed by atoms with Crippen molar-refractivity contribution >= 4 is 0 Å². The number of likely N-dealkylation sites (tertiary alicyclic amines) is 1. The highest BCUT2D eigenvalue weighted by molar-refractivity contribution is 4.80. The molecule has 1 aliphatic heterocycles. The molecule has 0 aromatic carbocycles. The van der Waals surface area contributed by atoms with Gasteiger partial charge in [-0.05, 0) is 38.1 Å². The fourth-order valence-corrected chi connectivity index (χ4v) is 2.30. The summed E-state index contributed by atoms with van der Waals surface area (Å²) in [7, 11) is 0. The van der Waals surface area contributed by atoms with E-state index in [2.05, 4.69) is 32.6 Å². The van der Waals surface area contributed by atoms with E-state index in [-0.39, 0.29) is 6.10 Å². The summed E-state index contributed by atoms with van der Waals surface area (Å²) in [6.45, 7) is 11.0. The van der Waals surface area contributed by atoms with Crippen LogP contribution in [0.15, 0.2) is 0 Å². The van der Waals surface area contributed by atoms with Gasteiger partial charge in [-0.25, -0.2) is 0 Å². The van der Waals surface area contributed by atoms with E-state index in [1.54, 1.807) is 0 Å². The Balaban J connectivity index is 2.38. The minimum atomic E-state index is -0.113. The molecule has 0 bridgehead atoms. The second-order valence-corrected chi connectivity index (χ2v) is 5.31. The molecule has 0 radical (unpaired) electrons. The van der Waals surface area contributed by atoms with Crippen molar-refractivity contribution in [3.8, 4) is 0 Å². The van der Waals surface area contributed by atoms with Crippen LogP contribution in [-0.2, 0) is 0 Å². The molecule has 1 N–H and O–H groups in total. The molecule has 0 aliphatic carbocycles. The van der Waals surface area contributed by atoms with Crippen LogP contribution < -0.4 is 0 Å². The molecule has 1 fully saturated rings. The zero-order chi connectivity index (χ0) is 10.7. The fraction of sp³-hybridized carbons (Fsp3) is 1.00. The Kier molecular flexibility index (Phi) is 4.39. The van der Waals surface area contributed by atoms with Crippen LogP contribution in [0.4, 0.5) is 0 Å². The van der Waals surface area contributed by atoms with E-state index in [1.807, 2.05) is 0 Å². The summed E-state index contributed by atoms with van der Waals surface area (Å²) >= 11 is 0. The summed E-state index contributed by atoms with van der Waals surface area (Å²) in [4.78, 5) is 2.44.